The number of ether oxygens (including phenoxy) is 2. The molecule has 0 atom stereocenters. The number of Topliss-reactive ketones (excluding diaryl/α,β-unsaturated/α-hetero) is 2. The molecule has 0 aliphatic heterocycles. The minimum atomic E-state index is -0.642. The molecule has 0 radical (unpaired) electrons. The van der Waals surface area contributed by atoms with E-state index in [1.807, 2.05) is 0 Å². The maximum atomic E-state index is 10.7. The topological polar surface area (TPSA) is 69.7 Å². The van der Waals surface area contributed by atoms with Crippen LogP contribution in [0.25, 0.3) is 0 Å². The normalized spacial score (nSPS) is 9.38. The second-order valence-electron chi connectivity index (χ2n) is 2.56. The third-order valence-corrected chi connectivity index (χ3v) is 0.962. The van der Waals surface area contributed by atoms with Gasteiger partial charge >= 0.3 is 5.97 Å². The van der Waals surface area contributed by atoms with Crippen molar-refractivity contribution in [1.82, 2.24) is 0 Å². The molecule has 5 nitrogen and oxygen atoms in total. The predicted molar refractivity (Wildman–Crippen MR) is 43.1 cm³/mol. The lowest BCUT2D eigenvalue weighted by Gasteiger charge is -2.01. The summed E-state index contributed by atoms with van der Waals surface area (Å²) < 4.78 is 9.11. The van der Waals surface area contributed by atoms with Crippen molar-refractivity contribution in [3.8, 4) is 0 Å². The Balaban J connectivity index is 3.41. The van der Waals surface area contributed by atoms with Crippen LogP contribution in [0.15, 0.2) is 0 Å². The van der Waals surface area contributed by atoms with Gasteiger partial charge < -0.3 is 9.47 Å². The van der Waals surface area contributed by atoms with E-state index in [-0.39, 0.29) is 31.4 Å². The second-order valence-corrected chi connectivity index (χ2v) is 2.56. The van der Waals surface area contributed by atoms with E-state index in [1.54, 1.807) is 0 Å². The molecule has 0 fully saturated rings. The first-order valence-corrected chi connectivity index (χ1v) is 3.74. The Kier molecular flexibility index (Phi) is 5.71. The molecule has 0 aromatic carbocycles. The average molecular weight is 188 g/mol. The molecule has 0 unspecified atom stereocenters. The quantitative estimate of drug-likeness (QED) is 0.536. The van der Waals surface area contributed by atoms with E-state index in [4.69, 9.17) is 0 Å². The smallest absolute Gasteiger partial charge is 0.332 e. The zero-order valence-corrected chi connectivity index (χ0v) is 7.66. The van der Waals surface area contributed by atoms with Gasteiger partial charge in [-0.3, -0.25) is 9.59 Å². The fourth-order valence-corrected chi connectivity index (χ4v) is 0.502. The molecule has 0 rings (SSSR count). The molecule has 74 valence electrons. The molecular formula is C8H12O5. The van der Waals surface area contributed by atoms with Gasteiger partial charge in [-0.25, -0.2) is 4.79 Å². The van der Waals surface area contributed by atoms with Crippen molar-refractivity contribution in [2.24, 2.45) is 0 Å². The van der Waals surface area contributed by atoms with Crippen LogP contribution in [0, 0.1) is 0 Å². The van der Waals surface area contributed by atoms with Crippen LogP contribution in [0.1, 0.15) is 13.8 Å². The van der Waals surface area contributed by atoms with Gasteiger partial charge in [0.25, 0.3) is 0 Å². The molecule has 5 heteroatoms. The predicted octanol–water partition coefficient (Wildman–Crippen LogP) is -0.276. The molecule has 0 saturated heterocycles. The van der Waals surface area contributed by atoms with Gasteiger partial charge in [0.2, 0.25) is 0 Å². The Morgan fingerprint density at radius 2 is 1.46 bits per heavy atom. The van der Waals surface area contributed by atoms with E-state index in [0.717, 1.165) is 0 Å². The summed E-state index contributed by atoms with van der Waals surface area (Å²) in [6.07, 6.45) is 0. The highest BCUT2D eigenvalue weighted by Crippen LogP contribution is 1.83. The third-order valence-electron chi connectivity index (χ3n) is 0.962. The number of ketones is 2. The third kappa shape index (κ3) is 8.68. The first-order valence-electron chi connectivity index (χ1n) is 3.74. The molecule has 0 saturated carbocycles. The van der Waals surface area contributed by atoms with Gasteiger partial charge in [-0.05, 0) is 13.8 Å². The monoisotopic (exact) mass is 188 g/mol. The van der Waals surface area contributed by atoms with Crippen molar-refractivity contribution >= 4 is 17.5 Å². The SMILES string of the molecule is CC(=O)COCC(=O)OCC(C)=O. The lowest BCUT2D eigenvalue weighted by molar-refractivity contribution is -0.152. The maximum absolute atomic E-state index is 10.7. The fourth-order valence-electron chi connectivity index (χ4n) is 0.502. The van der Waals surface area contributed by atoms with Crippen molar-refractivity contribution in [2.75, 3.05) is 19.8 Å². The summed E-state index contributed by atoms with van der Waals surface area (Å²) in [5.74, 6) is -1.05. The highest BCUT2D eigenvalue weighted by molar-refractivity contribution is 5.81. The van der Waals surface area contributed by atoms with Crippen molar-refractivity contribution in [3.63, 3.8) is 0 Å². The van der Waals surface area contributed by atoms with Gasteiger partial charge in [0.15, 0.2) is 11.6 Å². The van der Waals surface area contributed by atoms with Gasteiger partial charge in [-0.1, -0.05) is 0 Å². The van der Waals surface area contributed by atoms with E-state index < -0.39 is 5.97 Å². The zero-order chi connectivity index (χ0) is 10.3. The van der Waals surface area contributed by atoms with Crippen LogP contribution >= 0.6 is 0 Å². The number of rotatable bonds is 6. The average Bonchev–Trinajstić information content (AvgIpc) is 2.00. The first-order chi connectivity index (χ1) is 6.02. The molecular weight excluding hydrogens is 176 g/mol. The van der Waals surface area contributed by atoms with Gasteiger partial charge in [-0.2, -0.15) is 0 Å². The molecule has 0 spiro atoms. The van der Waals surface area contributed by atoms with Crippen LogP contribution in [-0.4, -0.2) is 37.4 Å². The standard InChI is InChI=1S/C8H12O5/c1-6(9)3-12-5-8(11)13-4-7(2)10/h3-5H2,1-2H3. The number of hydrogen-bond donors (Lipinski definition) is 0. The minimum absolute atomic E-state index is 0.116. The second kappa shape index (κ2) is 6.30. The molecule has 0 amide bonds. The summed E-state index contributed by atoms with van der Waals surface area (Å²) in [5, 5.41) is 0. The summed E-state index contributed by atoms with van der Waals surface area (Å²) in [6, 6.07) is 0. The molecule has 13 heavy (non-hydrogen) atoms. The molecule has 0 bridgehead atoms. The Morgan fingerprint density at radius 1 is 0.923 bits per heavy atom. The lowest BCUT2D eigenvalue weighted by Crippen LogP contribution is -2.18. The number of hydrogen-bond acceptors (Lipinski definition) is 5. The number of carbonyl (C=O) groups excluding carboxylic acids is 3. The van der Waals surface area contributed by atoms with Gasteiger partial charge in [0, 0.05) is 0 Å². The summed E-state index contributed by atoms with van der Waals surface area (Å²) in [7, 11) is 0. The van der Waals surface area contributed by atoms with Crippen LogP contribution in [0.3, 0.4) is 0 Å². The number of carbonyl (C=O) groups is 3. The van der Waals surface area contributed by atoms with Crippen LogP contribution in [0.4, 0.5) is 0 Å². The first kappa shape index (κ1) is 11.8. The lowest BCUT2D eigenvalue weighted by atomic mass is 10.5. The Labute approximate surface area is 76.0 Å². The van der Waals surface area contributed by atoms with Crippen LogP contribution in [0.5, 0.6) is 0 Å². The Hall–Kier alpha value is -1.23. The van der Waals surface area contributed by atoms with Crippen molar-refractivity contribution < 1.29 is 23.9 Å². The fraction of sp³-hybridized carbons (Fsp3) is 0.625. The molecule has 0 N–H and O–H groups in total. The number of esters is 1. The minimum Gasteiger partial charge on any atom is -0.456 e. The van der Waals surface area contributed by atoms with E-state index >= 15 is 0 Å². The zero-order valence-electron chi connectivity index (χ0n) is 7.66. The summed E-state index contributed by atoms with van der Waals surface area (Å²) in [4.78, 5) is 31.4. The summed E-state index contributed by atoms with van der Waals surface area (Å²) >= 11 is 0. The van der Waals surface area contributed by atoms with Crippen molar-refractivity contribution in [2.45, 2.75) is 13.8 Å². The van der Waals surface area contributed by atoms with Crippen molar-refractivity contribution in [1.29, 1.82) is 0 Å². The largest absolute Gasteiger partial charge is 0.456 e. The van der Waals surface area contributed by atoms with E-state index in [1.165, 1.54) is 13.8 Å². The van der Waals surface area contributed by atoms with Crippen LogP contribution in [0.2, 0.25) is 0 Å². The maximum Gasteiger partial charge on any atom is 0.332 e. The molecule has 0 aromatic rings. The molecule has 0 aliphatic rings. The van der Waals surface area contributed by atoms with Crippen molar-refractivity contribution in [3.05, 3.63) is 0 Å². The molecule has 0 aliphatic carbocycles. The van der Waals surface area contributed by atoms with Crippen LogP contribution in [-0.2, 0) is 23.9 Å². The van der Waals surface area contributed by atoms with Gasteiger partial charge in [-0.15, -0.1) is 0 Å². The van der Waals surface area contributed by atoms with E-state index in [9.17, 15) is 14.4 Å². The van der Waals surface area contributed by atoms with Gasteiger partial charge in [0.1, 0.15) is 19.8 Å². The Morgan fingerprint density at radius 3 is 1.92 bits per heavy atom. The summed E-state index contributed by atoms with van der Waals surface area (Å²) in [5.41, 5.74) is 0. The van der Waals surface area contributed by atoms with E-state index in [0.29, 0.717) is 0 Å². The molecule has 0 heterocycles. The van der Waals surface area contributed by atoms with Gasteiger partial charge in [0.05, 0.1) is 0 Å². The highest BCUT2D eigenvalue weighted by atomic mass is 16.6. The highest BCUT2D eigenvalue weighted by Gasteiger charge is 2.04. The van der Waals surface area contributed by atoms with E-state index in [2.05, 4.69) is 9.47 Å². The van der Waals surface area contributed by atoms with Crippen LogP contribution < -0.4 is 0 Å². The Bertz CT molecular complexity index is 209. The molecule has 0 aromatic heterocycles. The summed E-state index contributed by atoms with van der Waals surface area (Å²) in [6.45, 7) is 1.99.